The average molecular weight is 271 g/mol. The maximum Gasteiger partial charge on any atom is 0.110 e. The number of nitrogens with two attached hydrogens (primary N) is 1. The molecule has 1 unspecified atom stereocenters. The maximum atomic E-state index is 5.77. The number of imidazole rings is 1. The fourth-order valence-electron chi connectivity index (χ4n) is 2.26. The van der Waals surface area contributed by atoms with Gasteiger partial charge in [-0.05, 0) is 23.9 Å². The lowest BCUT2D eigenvalue weighted by molar-refractivity contribution is 0.639. The van der Waals surface area contributed by atoms with Gasteiger partial charge in [0.1, 0.15) is 5.82 Å². The number of rotatable bonds is 4. The number of nitrogens with one attached hydrogen (secondary N) is 1. The number of hydrogen-bond donors (Lipinski definition) is 2. The summed E-state index contributed by atoms with van der Waals surface area (Å²) < 4.78 is 1.31. The largest absolute Gasteiger partial charge is 0.341 e. The third kappa shape index (κ3) is 2.29. The molecule has 1 aromatic carbocycles. The zero-order chi connectivity index (χ0) is 13.2. The summed E-state index contributed by atoms with van der Waals surface area (Å²) in [5.74, 6) is 1.32. The summed E-state index contributed by atoms with van der Waals surface area (Å²) in [4.78, 5) is 9.12. The van der Waals surface area contributed by atoms with E-state index in [0.29, 0.717) is 12.5 Å². The summed E-state index contributed by atoms with van der Waals surface area (Å²) in [7, 11) is 0. The Bertz CT molecular complexity index is 646. The average Bonchev–Trinajstić information content (AvgIpc) is 3.06. The molecule has 0 spiro atoms. The molecule has 3 aromatic rings. The van der Waals surface area contributed by atoms with Crippen LogP contribution in [0.25, 0.3) is 20.7 Å². The predicted molar refractivity (Wildman–Crippen MR) is 81.5 cm³/mol. The first-order valence-electron chi connectivity index (χ1n) is 6.55. The van der Waals surface area contributed by atoms with Crippen LogP contribution in [0, 0.1) is 0 Å². The van der Waals surface area contributed by atoms with Crippen molar-refractivity contribution in [2.24, 2.45) is 5.73 Å². The molecule has 4 heteroatoms. The molecule has 98 valence electrons. The molecule has 1 atom stereocenters. The molecule has 0 amide bonds. The Morgan fingerprint density at radius 3 is 2.95 bits per heavy atom. The van der Waals surface area contributed by atoms with Crippen molar-refractivity contribution in [3.63, 3.8) is 0 Å². The van der Waals surface area contributed by atoms with Crippen LogP contribution in [0.15, 0.2) is 36.5 Å². The SMILES string of the molecule is CCC(CN)c1ncc(-c2cc3ccccc3s2)[nH]1. The van der Waals surface area contributed by atoms with Gasteiger partial charge in [-0.3, -0.25) is 0 Å². The molecule has 2 aromatic heterocycles. The van der Waals surface area contributed by atoms with Gasteiger partial charge in [0.05, 0.1) is 16.8 Å². The number of aromatic nitrogens is 2. The molecule has 0 fully saturated rings. The van der Waals surface area contributed by atoms with Crippen LogP contribution in [-0.2, 0) is 0 Å². The van der Waals surface area contributed by atoms with E-state index in [0.717, 1.165) is 17.9 Å². The second kappa shape index (κ2) is 5.15. The number of thiophene rings is 1. The normalized spacial score (nSPS) is 12.9. The van der Waals surface area contributed by atoms with Gasteiger partial charge in [-0.1, -0.05) is 25.1 Å². The molecule has 3 rings (SSSR count). The smallest absolute Gasteiger partial charge is 0.110 e. The Labute approximate surface area is 116 Å². The van der Waals surface area contributed by atoms with Crippen molar-refractivity contribution < 1.29 is 0 Å². The van der Waals surface area contributed by atoms with Crippen LogP contribution in [0.1, 0.15) is 25.1 Å². The molecule has 0 aliphatic rings. The van der Waals surface area contributed by atoms with Gasteiger partial charge in [-0.2, -0.15) is 0 Å². The summed E-state index contributed by atoms with van der Waals surface area (Å²) in [5, 5.41) is 1.28. The molecule has 3 N–H and O–H groups in total. The van der Waals surface area contributed by atoms with Crippen molar-refractivity contribution in [1.29, 1.82) is 0 Å². The Kier molecular flexibility index (Phi) is 3.36. The van der Waals surface area contributed by atoms with Crippen LogP contribution in [0.3, 0.4) is 0 Å². The van der Waals surface area contributed by atoms with Crippen LogP contribution >= 0.6 is 11.3 Å². The fourth-order valence-corrected chi connectivity index (χ4v) is 3.28. The van der Waals surface area contributed by atoms with E-state index in [9.17, 15) is 0 Å². The minimum Gasteiger partial charge on any atom is -0.341 e. The molecule has 0 radical (unpaired) electrons. The van der Waals surface area contributed by atoms with Gasteiger partial charge < -0.3 is 10.7 Å². The predicted octanol–water partition coefficient (Wildman–Crippen LogP) is 3.74. The fraction of sp³-hybridized carbons (Fsp3) is 0.267. The number of H-pyrrole nitrogens is 1. The summed E-state index contributed by atoms with van der Waals surface area (Å²) in [6, 6.07) is 10.6. The van der Waals surface area contributed by atoms with Crippen molar-refractivity contribution in [2.45, 2.75) is 19.3 Å². The maximum absolute atomic E-state index is 5.77. The Hall–Kier alpha value is -1.65. The summed E-state index contributed by atoms with van der Waals surface area (Å²) >= 11 is 1.79. The topological polar surface area (TPSA) is 54.7 Å². The number of benzene rings is 1. The van der Waals surface area contributed by atoms with Gasteiger partial charge in [0.25, 0.3) is 0 Å². The van der Waals surface area contributed by atoms with Crippen LogP contribution in [0.5, 0.6) is 0 Å². The molecule has 0 aliphatic carbocycles. The quantitative estimate of drug-likeness (QED) is 0.759. The van der Waals surface area contributed by atoms with E-state index >= 15 is 0 Å². The zero-order valence-corrected chi connectivity index (χ0v) is 11.7. The van der Waals surface area contributed by atoms with E-state index in [1.165, 1.54) is 15.0 Å². The highest BCUT2D eigenvalue weighted by Gasteiger charge is 2.13. The summed E-state index contributed by atoms with van der Waals surface area (Å²) in [6.07, 6.45) is 2.92. The highest BCUT2D eigenvalue weighted by Crippen LogP contribution is 2.33. The van der Waals surface area contributed by atoms with E-state index in [1.807, 2.05) is 6.20 Å². The molecule has 3 nitrogen and oxygen atoms in total. The molecule has 0 saturated heterocycles. The molecule has 0 bridgehead atoms. The van der Waals surface area contributed by atoms with Crippen molar-refractivity contribution >= 4 is 21.4 Å². The first kappa shape index (κ1) is 12.4. The van der Waals surface area contributed by atoms with Crippen LogP contribution in [0.2, 0.25) is 0 Å². The van der Waals surface area contributed by atoms with Crippen molar-refractivity contribution in [3.8, 4) is 10.6 Å². The van der Waals surface area contributed by atoms with Gasteiger partial charge in [-0.25, -0.2) is 4.98 Å². The first-order chi connectivity index (χ1) is 9.31. The number of nitrogens with zero attached hydrogens (tertiary/aromatic N) is 1. The Morgan fingerprint density at radius 1 is 1.37 bits per heavy atom. The molecule has 19 heavy (non-hydrogen) atoms. The van der Waals surface area contributed by atoms with Crippen molar-refractivity contribution in [2.75, 3.05) is 6.54 Å². The standard InChI is InChI=1S/C15H17N3S/c1-2-10(8-16)15-17-9-12(18-15)14-7-11-5-3-4-6-13(11)19-14/h3-7,9-10H,2,8,16H2,1H3,(H,17,18). The van der Waals surface area contributed by atoms with E-state index in [1.54, 1.807) is 11.3 Å². The third-order valence-electron chi connectivity index (χ3n) is 3.45. The van der Waals surface area contributed by atoms with Gasteiger partial charge in [0.15, 0.2) is 0 Å². The van der Waals surface area contributed by atoms with E-state index in [-0.39, 0.29) is 0 Å². The number of aromatic amines is 1. The summed E-state index contributed by atoms with van der Waals surface area (Å²) in [5.41, 5.74) is 6.85. The molecule has 2 heterocycles. The molecule has 0 aliphatic heterocycles. The first-order valence-corrected chi connectivity index (χ1v) is 7.37. The van der Waals surface area contributed by atoms with E-state index in [2.05, 4.69) is 47.2 Å². The molecular formula is C15H17N3S. The lowest BCUT2D eigenvalue weighted by atomic mass is 10.1. The van der Waals surface area contributed by atoms with Crippen LogP contribution in [-0.4, -0.2) is 16.5 Å². The zero-order valence-electron chi connectivity index (χ0n) is 10.9. The van der Waals surface area contributed by atoms with Crippen LogP contribution in [0.4, 0.5) is 0 Å². The second-order valence-electron chi connectivity index (χ2n) is 4.67. The third-order valence-corrected chi connectivity index (χ3v) is 4.60. The van der Waals surface area contributed by atoms with E-state index < -0.39 is 0 Å². The minimum absolute atomic E-state index is 0.322. The lowest BCUT2D eigenvalue weighted by Gasteiger charge is -2.07. The minimum atomic E-state index is 0.322. The Balaban J connectivity index is 1.97. The second-order valence-corrected chi connectivity index (χ2v) is 5.76. The number of fused-ring (bicyclic) bond motifs is 1. The van der Waals surface area contributed by atoms with Gasteiger partial charge >= 0.3 is 0 Å². The van der Waals surface area contributed by atoms with Crippen molar-refractivity contribution in [3.05, 3.63) is 42.4 Å². The Morgan fingerprint density at radius 2 is 2.21 bits per heavy atom. The van der Waals surface area contributed by atoms with Gasteiger partial charge in [0.2, 0.25) is 0 Å². The lowest BCUT2D eigenvalue weighted by Crippen LogP contribution is -2.12. The van der Waals surface area contributed by atoms with Crippen LogP contribution < -0.4 is 5.73 Å². The summed E-state index contributed by atoms with van der Waals surface area (Å²) in [6.45, 7) is 2.77. The van der Waals surface area contributed by atoms with Crippen molar-refractivity contribution in [1.82, 2.24) is 9.97 Å². The van der Waals surface area contributed by atoms with Gasteiger partial charge in [-0.15, -0.1) is 11.3 Å². The number of hydrogen-bond acceptors (Lipinski definition) is 3. The molecular weight excluding hydrogens is 254 g/mol. The highest BCUT2D eigenvalue weighted by molar-refractivity contribution is 7.22. The highest BCUT2D eigenvalue weighted by atomic mass is 32.1. The monoisotopic (exact) mass is 271 g/mol. The van der Waals surface area contributed by atoms with Gasteiger partial charge in [0, 0.05) is 17.2 Å². The van der Waals surface area contributed by atoms with E-state index in [4.69, 9.17) is 5.73 Å². The molecule has 0 saturated carbocycles.